The van der Waals surface area contributed by atoms with Crippen LogP contribution in [0.1, 0.15) is 46.6 Å². The molecule has 1 fully saturated rings. The van der Waals surface area contributed by atoms with E-state index in [9.17, 15) is 9.59 Å². The highest BCUT2D eigenvalue weighted by atomic mass is 16.6. The number of nitrogens with one attached hydrogen (secondary N) is 2. The van der Waals surface area contributed by atoms with Crippen molar-refractivity contribution in [3.8, 4) is 0 Å². The molecule has 0 radical (unpaired) electrons. The average molecular weight is 406 g/mol. The highest BCUT2D eigenvalue weighted by Gasteiger charge is 2.21. The molecule has 0 saturated carbocycles. The zero-order chi connectivity index (χ0) is 21.4. The first-order valence-corrected chi connectivity index (χ1v) is 10.3. The Bertz CT molecular complexity index is 660. The lowest BCUT2D eigenvalue weighted by atomic mass is 10.1. The summed E-state index contributed by atoms with van der Waals surface area (Å²) < 4.78 is 11.0. The molecule has 162 valence electrons. The Morgan fingerprint density at radius 2 is 1.76 bits per heavy atom. The van der Waals surface area contributed by atoms with E-state index in [0.717, 1.165) is 31.6 Å². The highest BCUT2D eigenvalue weighted by molar-refractivity contribution is 5.85. The number of carbonyl (C=O) groups excluding carboxylic acids is 2. The molecule has 0 unspecified atom stereocenters. The van der Waals surface area contributed by atoms with Crippen LogP contribution in [-0.4, -0.2) is 60.9 Å². The first-order chi connectivity index (χ1) is 13.6. The maximum absolute atomic E-state index is 12.2. The summed E-state index contributed by atoms with van der Waals surface area (Å²) in [5.74, 6) is 0.00145. The van der Waals surface area contributed by atoms with Crippen LogP contribution in [0, 0.1) is 0 Å². The molecule has 2 amide bonds. The van der Waals surface area contributed by atoms with Crippen molar-refractivity contribution < 1.29 is 19.1 Å². The number of amides is 2. The van der Waals surface area contributed by atoms with E-state index >= 15 is 0 Å². The van der Waals surface area contributed by atoms with Gasteiger partial charge in [0, 0.05) is 31.9 Å². The van der Waals surface area contributed by atoms with Gasteiger partial charge in [-0.15, -0.1) is 0 Å². The van der Waals surface area contributed by atoms with Crippen LogP contribution in [-0.2, 0) is 20.7 Å². The summed E-state index contributed by atoms with van der Waals surface area (Å²) in [5.41, 5.74) is 0.992. The number of nitrogens with zero attached hydrogens (tertiary/aromatic N) is 1. The molecule has 7 heteroatoms. The van der Waals surface area contributed by atoms with Gasteiger partial charge in [-0.25, -0.2) is 4.79 Å². The molecule has 1 saturated heterocycles. The standard InChI is InChI=1S/C22H35N3O4/c1-16-14-25(15-17(2)28-16)12-6-11-23-20(26)13-18-7-9-19(10-8-18)24-21(27)29-22(3,4)5/h7-10,16-17H,6,11-15H2,1-5H3,(H,23,26)(H,24,27)/t16-,17-/m0/s1. The third kappa shape index (κ3) is 9.28. The van der Waals surface area contributed by atoms with Gasteiger partial charge in [-0.2, -0.15) is 0 Å². The van der Waals surface area contributed by atoms with E-state index in [-0.39, 0.29) is 18.1 Å². The predicted octanol–water partition coefficient (Wildman–Crippen LogP) is 3.19. The first-order valence-electron chi connectivity index (χ1n) is 10.3. The molecule has 1 heterocycles. The minimum atomic E-state index is -0.541. The fourth-order valence-corrected chi connectivity index (χ4v) is 3.37. The number of hydrogen-bond acceptors (Lipinski definition) is 5. The van der Waals surface area contributed by atoms with Crippen molar-refractivity contribution >= 4 is 17.7 Å². The Hall–Kier alpha value is -2.12. The van der Waals surface area contributed by atoms with E-state index in [1.807, 2.05) is 32.9 Å². The van der Waals surface area contributed by atoms with Gasteiger partial charge in [-0.3, -0.25) is 15.0 Å². The van der Waals surface area contributed by atoms with Crippen LogP contribution in [0.5, 0.6) is 0 Å². The van der Waals surface area contributed by atoms with E-state index in [2.05, 4.69) is 29.4 Å². The number of anilines is 1. The normalized spacial score (nSPS) is 20.2. The van der Waals surface area contributed by atoms with Gasteiger partial charge in [-0.1, -0.05) is 12.1 Å². The fourth-order valence-electron chi connectivity index (χ4n) is 3.37. The summed E-state index contributed by atoms with van der Waals surface area (Å²) in [5, 5.41) is 5.66. The molecule has 0 bridgehead atoms. The average Bonchev–Trinajstić information content (AvgIpc) is 2.58. The van der Waals surface area contributed by atoms with Gasteiger partial charge in [0.25, 0.3) is 0 Å². The summed E-state index contributed by atoms with van der Waals surface area (Å²) in [4.78, 5) is 26.3. The SMILES string of the molecule is C[C@H]1CN(CCCNC(=O)Cc2ccc(NC(=O)OC(C)(C)C)cc2)C[C@H](C)O1. The molecule has 2 N–H and O–H groups in total. The highest BCUT2D eigenvalue weighted by Crippen LogP contribution is 2.13. The van der Waals surface area contributed by atoms with Crippen LogP contribution in [0.2, 0.25) is 0 Å². The van der Waals surface area contributed by atoms with Gasteiger partial charge in [0.2, 0.25) is 5.91 Å². The van der Waals surface area contributed by atoms with Gasteiger partial charge < -0.3 is 14.8 Å². The van der Waals surface area contributed by atoms with Gasteiger partial charge in [-0.05, 0) is 58.7 Å². The molecule has 1 aromatic carbocycles. The van der Waals surface area contributed by atoms with Crippen LogP contribution in [0.15, 0.2) is 24.3 Å². The minimum Gasteiger partial charge on any atom is -0.444 e. The van der Waals surface area contributed by atoms with Gasteiger partial charge in [0.1, 0.15) is 5.60 Å². The Kier molecular flexibility index (Phi) is 8.46. The van der Waals surface area contributed by atoms with E-state index in [4.69, 9.17) is 9.47 Å². The number of rotatable bonds is 7. The summed E-state index contributed by atoms with van der Waals surface area (Å²) >= 11 is 0. The molecule has 2 rings (SSSR count). The summed E-state index contributed by atoms with van der Waals surface area (Å²) in [6, 6.07) is 7.21. The van der Waals surface area contributed by atoms with Crippen molar-refractivity contribution in [3.63, 3.8) is 0 Å². The van der Waals surface area contributed by atoms with Gasteiger partial charge >= 0.3 is 6.09 Å². The van der Waals surface area contributed by atoms with E-state index in [0.29, 0.717) is 18.7 Å². The molecule has 1 aliphatic rings. The first kappa shape index (κ1) is 23.2. The Labute approximate surface area is 174 Å². The number of morpholine rings is 1. The quantitative estimate of drug-likeness (QED) is 0.681. The van der Waals surface area contributed by atoms with Crippen molar-refractivity contribution in [1.29, 1.82) is 0 Å². The second-order valence-corrected chi connectivity index (χ2v) is 8.72. The number of ether oxygens (including phenoxy) is 2. The maximum atomic E-state index is 12.2. The molecule has 1 aliphatic heterocycles. The van der Waals surface area contributed by atoms with E-state index in [1.54, 1.807) is 12.1 Å². The predicted molar refractivity (Wildman–Crippen MR) is 114 cm³/mol. The zero-order valence-electron chi connectivity index (χ0n) is 18.3. The van der Waals surface area contributed by atoms with Crippen LogP contribution in [0.3, 0.4) is 0 Å². The van der Waals surface area contributed by atoms with Gasteiger partial charge in [0.05, 0.1) is 18.6 Å². The van der Waals surface area contributed by atoms with E-state index < -0.39 is 11.7 Å². The fraction of sp³-hybridized carbons (Fsp3) is 0.636. The van der Waals surface area contributed by atoms with Crippen molar-refractivity contribution in [1.82, 2.24) is 10.2 Å². The molecule has 0 spiro atoms. The molecule has 0 aromatic heterocycles. The maximum Gasteiger partial charge on any atom is 0.412 e. The smallest absolute Gasteiger partial charge is 0.412 e. The Morgan fingerprint density at radius 1 is 1.14 bits per heavy atom. The Morgan fingerprint density at radius 3 is 2.34 bits per heavy atom. The number of carbonyl (C=O) groups is 2. The van der Waals surface area contributed by atoms with Crippen molar-refractivity contribution in [2.75, 3.05) is 31.5 Å². The molecule has 7 nitrogen and oxygen atoms in total. The van der Waals surface area contributed by atoms with Crippen molar-refractivity contribution in [2.24, 2.45) is 0 Å². The van der Waals surface area contributed by atoms with Crippen LogP contribution >= 0.6 is 0 Å². The molecule has 2 atom stereocenters. The lowest BCUT2D eigenvalue weighted by Gasteiger charge is -2.35. The largest absolute Gasteiger partial charge is 0.444 e. The number of hydrogen-bond donors (Lipinski definition) is 2. The molecule has 29 heavy (non-hydrogen) atoms. The summed E-state index contributed by atoms with van der Waals surface area (Å²) in [6.45, 7) is 13.2. The van der Waals surface area contributed by atoms with Crippen LogP contribution < -0.4 is 10.6 Å². The van der Waals surface area contributed by atoms with Crippen LogP contribution in [0.4, 0.5) is 10.5 Å². The topological polar surface area (TPSA) is 79.9 Å². The second-order valence-electron chi connectivity index (χ2n) is 8.72. The third-order valence-corrected chi connectivity index (χ3v) is 4.43. The Balaban J connectivity index is 1.66. The summed E-state index contributed by atoms with van der Waals surface area (Å²) in [6.07, 6.45) is 1.27. The molecule has 1 aromatic rings. The van der Waals surface area contributed by atoms with Crippen molar-refractivity contribution in [2.45, 2.75) is 65.3 Å². The van der Waals surface area contributed by atoms with E-state index in [1.165, 1.54) is 0 Å². The molecular weight excluding hydrogens is 370 g/mol. The zero-order valence-corrected chi connectivity index (χ0v) is 18.3. The lowest BCUT2D eigenvalue weighted by molar-refractivity contribution is -0.120. The summed E-state index contributed by atoms with van der Waals surface area (Å²) in [7, 11) is 0. The second kappa shape index (κ2) is 10.6. The molecule has 0 aliphatic carbocycles. The third-order valence-electron chi connectivity index (χ3n) is 4.43. The number of benzene rings is 1. The van der Waals surface area contributed by atoms with Gasteiger partial charge in [0.15, 0.2) is 0 Å². The lowest BCUT2D eigenvalue weighted by Crippen LogP contribution is -2.46. The molecular formula is C22H35N3O4. The minimum absolute atomic E-state index is 0.00145. The monoisotopic (exact) mass is 405 g/mol. The van der Waals surface area contributed by atoms with Crippen molar-refractivity contribution in [3.05, 3.63) is 29.8 Å². The van der Waals surface area contributed by atoms with Crippen LogP contribution in [0.25, 0.3) is 0 Å².